The molecular formula is C29H24N4O5P+. The van der Waals surface area contributed by atoms with Gasteiger partial charge in [-0.25, -0.2) is 4.52 Å². The van der Waals surface area contributed by atoms with Crippen molar-refractivity contribution in [1.29, 1.82) is 5.26 Å². The Balaban J connectivity index is 1.46. The fourth-order valence-corrected chi connectivity index (χ4v) is 4.54. The van der Waals surface area contributed by atoms with Gasteiger partial charge in [-0.1, -0.05) is 47.6 Å². The van der Waals surface area contributed by atoms with E-state index in [1.807, 2.05) is 67.4 Å². The van der Waals surface area contributed by atoms with Crippen molar-refractivity contribution >= 4 is 19.0 Å². The molecule has 2 heterocycles. The zero-order chi connectivity index (χ0) is 27.4. The number of allylic oxidation sites excluding steroid dienone is 3. The number of fused-ring (bicyclic) bond motifs is 1. The van der Waals surface area contributed by atoms with Crippen molar-refractivity contribution < 1.29 is 23.2 Å². The van der Waals surface area contributed by atoms with Gasteiger partial charge in [0.2, 0.25) is 11.6 Å². The number of hydrogen-bond donors (Lipinski definition) is 1. The Labute approximate surface area is 225 Å². The predicted molar refractivity (Wildman–Crippen MR) is 146 cm³/mol. The summed E-state index contributed by atoms with van der Waals surface area (Å²) in [6.45, 7) is 4.30. The lowest BCUT2D eigenvalue weighted by Crippen LogP contribution is -2.10. The molecule has 1 atom stereocenters. The van der Waals surface area contributed by atoms with Gasteiger partial charge in [-0.3, -0.25) is 0 Å². The molecule has 1 aliphatic heterocycles. The third kappa shape index (κ3) is 5.88. The average Bonchev–Trinajstić information content (AvgIpc) is 3.30. The smallest absolute Gasteiger partial charge is 0.490 e. The van der Waals surface area contributed by atoms with Gasteiger partial charge in [0, 0.05) is 28.4 Å². The minimum absolute atomic E-state index is 0.0563. The zero-order valence-corrected chi connectivity index (χ0v) is 22.1. The summed E-state index contributed by atoms with van der Waals surface area (Å²) >= 11 is 0. The number of hydrogen-bond acceptors (Lipinski definition) is 8. The van der Waals surface area contributed by atoms with Gasteiger partial charge in [0.05, 0.1) is 17.9 Å². The maximum Gasteiger partial charge on any atom is 0.747 e. The quantitative estimate of drug-likeness (QED) is 0.247. The monoisotopic (exact) mass is 539 g/mol. The van der Waals surface area contributed by atoms with Crippen molar-refractivity contribution in [2.45, 2.75) is 26.5 Å². The molecule has 0 spiro atoms. The van der Waals surface area contributed by atoms with Gasteiger partial charge in [-0.2, -0.15) is 10.2 Å². The molecule has 3 aromatic carbocycles. The standard InChI is InChI=1S/C29H23N4O5P/c1-19(2)36-27-13-11-20(15-22(27)16-30)29-31-28(32-37-29)26-12-10-21(24-8-3-4-9-25(24)26)17-33-14-6-5-7-23(18-33)38-39(34)35/h3-15,18-19H,17H2,1-2H3/p+1. The Morgan fingerprint density at radius 1 is 1.13 bits per heavy atom. The molecule has 4 aromatic rings. The SMILES string of the molecule is CC(C)Oc1ccc(-c2nc(-c3ccc(CN4C=CC=CC(O[P+](=O)O)=C4)c4ccccc34)no2)cc1C#N. The summed E-state index contributed by atoms with van der Waals surface area (Å²) in [6, 6.07) is 19.2. The Bertz CT molecular complexity index is 1680. The van der Waals surface area contributed by atoms with E-state index in [0.29, 0.717) is 35.1 Å². The summed E-state index contributed by atoms with van der Waals surface area (Å²) in [4.78, 5) is 15.6. The number of ether oxygens (including phenoxy) is 1. The first-order valence-electron chi connectivity index (χ1n) is 12.1. The number of rotatable bonds is 8. The first-order valence-corrected chi connectivity index (χ1v) is 13.3. The third-order valence-corrected chi connectivity index (χ3v) is 6.24. The van der Waals surface area contributed by atoms with Crippen LogP contribution in [0.3, 0.4) is 0 Å². The lowest BCUT2D eigenvalue weighted by molar-refractivity contribution is 0.241. The molecule has 0 bridgehead atoms. The predicted octanol–water partition coefficient (Wildman–Crippen LogP) is 6.61. The maximum absolute atomic E-state index is 11.1. The Kier molecular flexibility index (Phi) is 7.50. The van der Waals surface area contributed by atoms with Crippen LogP contribution in [0.2, 0.25) is 0 Å². The molecule has 1 aromatic heterocycles. The van der Waals surface area contributed by atoms with Gasteiger partial charge >= 0.3 is 8.25 Å². The molecule has 194 valence electrons. The van der Waals surface area contributed by atoms with Crippen LogP contribution in [0.25, 0.3) is 33.6 Å². The van der Waals surface area contributed by atoms with Crippen LogP contribution in [0.4, 0.5) is 0 Å². The van der Waals surface area contributed by atoms with Crippen LogP contribution in [-0.2, 0) is 15.6 Å². The van der Waals surface area contributed by atoms with Crippen LogP contribution in [0.15, 0.2) is 95.5 Å². The molecule has 1 aliphatic rings. The van der Waals surface area contributed by atoms with E-state index in [2.05, 4.69) is 16.2 Å². The molecule has 1 unspecified atom stereocenters. The largest absolute Gasteiger partial charge is 0.747 e. The molecule has 39 heavy (non-hydrogen) atoms. The van der Waals surface area contributed by atoms with E-state index < -0.39 is 8.25 Å². The first kappa shape index (κ1) is 25.9. The van der Waals surface area contributed by atoms with Crippen molar-refractivity contribution in [3.05, 3.63) is 102 Å². The summed E-state index contributed by atoms with van der Waals surface area (Å²) in [5.74, 6) is 1.52. The van der Waals surface area contributed by atoms with E-state index in [1.165, 1.54) is 0 Å². The van der Waals surface area contributed by atoms with Crippen molar-refractivity contribution in [3.8, 4) is 34.7 Å². The third-order valence-electron chi connectivity index (χ3n) is 5.87. The van der Waals surface area contributed by atoms with Crippen molar-refractivity contribution in [1.82, 2.24) is 15.0 Å². The maximum atomic E-state index is 11.1. The summed E-state index contributed by atoms with van der Waals surface area (Å²) in [5, 5.41) is 15.7. The molecule has 0 aliphatic carbocycles. The first-order chi connectivity index (χ1) is 18.9. The molecule has 0 amide bonds. The minimum Gasteiger partial charge on any atom is -0.490 e. The van der Waals surface area contributed by atoms with Gasteiger partial charge in [0.25, 0.3) is 5.89 Å². The fraction of sp³-hybridized carbons (Fsp3) is 0.138. The Morgan fingerprint density at radius 3 is 2.72 bits per heavy atom. The van der Waals surface area contributed by atoms with Gasteiger partial charge in [-0.15, -0.1) is 4.89 Å². The number of aromatic nitrogens is 2. The summed E-state index contributed by atoms with van der Waals surface area (Å²) in [6.07, 6.45) is 8.67. The highest BCUT2D eigenvalue weighted by Crippen LogP contribution is 2.33. The van der Waals surface area contributed by atoms with E-state index in [-0.39, 0.29) is 11.9 Å². The van der Waals surface area contributed by atoms with Gasteiger partial charge in [-0.05, 0) is 60.5 Å². The van der Waals surface area contributed by atoms with E-state index >= 15 is 0 Å². The van der Waals surface area contributed by atoms with E-state index in [4.69, 9.17) is 18.7 Å². The molecule has 0 fully saturated rings. The molecule has 5 rings (SSSR count). The second-order valence-electron chi connectivity index (χ2n) is 8.96. The average molecular weight is 540 g/mol. The summed E-state index contributed by atoms with van der Waals surface area (Å²) < 4.78 is 27.4. The van der Waals surface area contributed by atoms with Crippen LogP contribution in [0.1, 0.15) is 25.0 Å². The lowest BCUT2D eigenvalue weighted by atomic mass is 9.99. The highest BCUT2D eigenvalue weighted by molar-refractivity contribution is 7.32. The molecule has 0 saturated heterocycles. The fourth-order valence-electron chi connectivity index (χ4n) is 4.25. The molecular weight excluding hydrogens is 515 g/mol. The van der Waals surface area contributed by atoms with Crippen molar-refractivity contribution in [2.75, 3.05) is 0 Å². The van der Waals surface area contributed by atoms with Gasteiger partial charge in [0.15, 0.2) is 0 Å². The van der Waals surface area contributed by atoms with Crippen molar-refractivity contribution in [2.24, 2.45) is 0 Å². The van der Waals surface area contributed by atoms with Crippen LogP contribution >= 0.6 is 8.25 Å². The highest BCUT2D eigenvalue weighted by Gasteiger charge is 2.19. The molecule has 0 radical (unpaired) electrons. The normalized spacial score (nSPS) is 13.3. The molecule has 1 N–H and O–H groups in total. The zero-order valence-electron chi connectivity index (χ0n) is 21.2. The van der Waals surface area contributed by atoms with E-state index in [1.54, 1.807) is 36.6 Å². The molecule has 10 heteroatoms. The summed E-state index contributed by atoms with van der Waals surface area (Å²) in [5.41, 5.74) is 2.84. The number of nitriles is 1. The lowest BCUT2D eigenvalue weighted by Gasteiger charge is -2.17. The topological polar surface area (TPSA) is 122 Å². The van der Waals surface area contributed by atoms with Gasteiger partial charge < -0.3 is 14.2 Å². The van der Waals surface area contributed by atoms with Gasteiger partial charge in [0.1, 0.15) is 11.8 Å². The van der Waals surface area contributed by atoms with Crippen LogP contribution in [0.5, 0.6) is 5.75 Å². The Hall–Kier alpha value is -4.77. The number of benzene rings is 3. The number of nitrogens with zero attached hydrogens (tertiary/aromatic N) is 4. The second kappa shape index (κ2) is 11.3. The highest BCUT2D eigenvalue weighted by atomic mass is 31.1. The van der Waals surface area contributed by atoms with Crippen LogP contribution in [-0.4, -0.2) is 26.0 Å². The van der Waals surface area contributed by atoms with Crippen LogP contribution in [0, 0.1) is 11.3 Å². The van der Waals surface area contributed by atoms with E-state index in [9.17, 15) is 9.83 Å². The van der Waals surface area contributed by atoms with E-state index in [0.717, 1.165) is 21.9 Å². The molecule has 0 saturated carbocycles. The van der Waals surface area contributed by atoms with Crippen LogP contribution < -0.4 is 4.74 Å². The molecule has 9 nitrogen and oxygen atoms in total. The Morgan fingerprint density at radius 2 is 1.95 bits per heavy atom. The van der Waals surface area contributed by atoms with Crippen molar-refractivity contribution in [3.63, 3.8) is 0 Å². The summed E-state index contributed by atoms with van der Waals surface area (Å²) in [7, 11) is -2.76. The minimum atomic E-state index is -2.76. The second-order valence-corrected chi connectivity index (χ2v) is 9.62.